The summed E-state index contributed by atoms with van der Waals surface area (Å²) in [5.74, 6) is 1.66. The average molecular weight is 391 g/mol. The van der Waals surface area contributed by atoms with Crippen LogP contribution in [-0.4, -0.2) is 33.5 Å². The molecule has 0 aromatic heterocycles. The highest BCUT2D eigenvalue weighted by Gasteiger charge is 2.61. The van der Waals surface area contributed by atoms with E-state index in [1.807, 2.05) is 0 Å². The van der Waals surface area contributed by atoms with Crippen LogP contribution in [0.5, 0.6) is 0 Å². The maximum atomic E-state index is 11.4. The van der Waals surface area contributed by atoms with Gasteiger partial charge in [0.25, 0.3) is 0 Å². The molecule has 0 aliphatic heterocycles. The van der Waals surface area contributed by atoms with Crippen LogP contribution in [0.3, 0.4) is 0 Å². The van der Waals surface area contributed by atoms with Crippen LogP contribution < -0.4 is 0 Å². The van der Waals surface area contributed by atoms with Gasteiger partial charge in [0, 0.05) is 6.42 Å². The summed E-state index contributed by atoms with van der Waals surface area (Å²) in [6, 6.07) is 0. The number of fused-ring (bicyclic) bond motifs is 5. The SMILES string of the molecule is C[C@H](CCC(=O)O)[C@H]1CC[C@H]2[C@@H]3CC=C4C[C@@H](O)CC[C@]4(C)[C@H]3[C@H](O)C[C@]12C. The molecule has 3 N–H and O–H groups in total. The van der Waals surface area contributed by atoms with Gasteiger partial charge in [0.2, 0.25) is 0 Å². The van der Waals surface area contributed by atoms with Crippen molar-refractivity contribution in [3.05, 3.63) is 11.6 Å². The Labute approximate surface area is 169 Å². The fourth-order valence-electron chi connectivity index (χ4n) is 8.30. The van der Waals surface area contributed by atoms with Gasteiger partial charge in [-0.2, -0.15) is 0 Å². The molecule has 3 fully saturated rings. The van der Waals surface area contributed by atoms with Gasteiger partial charge in [-0.15, -0.1) is 0 Å². The van der Waals surface area contributed by atoms with Gasteiger partial charge in [-0.05, 0) is 91.8 Å². The number of rotatable bonds is 4. The van der Waals surface area contributed by atoms with E-state index in [9.17, 15) is 15.0 Å². The Bertz CT molecular complexity index is 657. The van der Waals surface area contributed by atoms with E-state index < -0.39 is 5.97 Å². The molecule has 4 heteroatoms. The van der Waals surface area contributed by atoms with E-state index in [1.54, 1.807) is 0 Å². The minimum atomic E-state index is -0.701. The molecule has 0 aromatic carbocycles. The van der Waals surface area contributed by atoms with Crippen molar-refractivity contribution in [2.75, 3.05) is 0 Å². The Morgan fingerprint density at radius 2 is 2.00 bits per heavy atom. The van der Waals surface area contributed by atoms with Gasteiger partial charge in [-0.25, -0.2) is 0 Å². The smallest absolute Gasteiger partial charge is 0.303 e. The first-order chi connectivity index (χ1) is 13.2. The summed E-state index contributed by atoms with van der Waals surface area (Å²) in [6.45, 7) is 6.95. The lowest BCUT2D eigenvalue weighted by Gasteiger charge is -2.60. The third-order valence-corrected chi connectivity index (χ3v) is 9.58. The minimum Gasteiger partial charge on any atom is -0.481 e. The van der Waals surface area contributed by atoms with Crippen molar-refractivity contribution in [2.45, 2.75) is 90.8 Å². The zero-order valence-corrected chi connectivity index (χ0v) is 17.7. The second-order valence-corrected chi connectivity index (χ2v) is 10.9. The lowest BCUT2D eigenvalue weighted by Crippen LogP contribution is -2.56. The van der Waals surface area contributed by atoms with Crippen molar-refractivity contribution >= 4 is 5.97 Å². The molecule has 158 valence electrons. The number of aliphatic carboxylic acids is 1. The molecule has 0 amide bonds. The second-order valence-electron chi connectivity index (χ2n) is 10.9. The number of allylic oxidation sites excluding steroid dienone is 1. The zero-order valence-electron chi connectivity index (χ0n) is 17.7. The number of carboxylic acids is 1. The molecule has 0 bridgehead atoms. The maximum Gasteiger partial charge on any atom is 0.303 e. The van der Waals surface area contributed by atoms with Gasteiger partial charge >= 0.3 is 5.97 Å². The number of carboxylic acid groups (broad SMARTS) is 1. The molecule has 4 rings (SSSR count). The molecular formula is C24H38O4. The number of hydrogen-bond acceptors (Lipinski definition) is 3. The minimum absolute atomic E-state index is 0.0376. The van der Waals surface area contributed by atoms with Crippen molar-refractivity contribution in [3.63, 3.8) is 0 Å². The second kappa shape index (κ2) is 7.12. The molecule has 0 spiro atoms. The third kappa shape index (κ3) is 3.06. The van der Waals surface area contributed by atoms with E-state index in [0.717, 1.165) is 38.5 Å². The first-order valence-corrected chi connectivity index (χ1v) is 11.4. The van der Waals surface area contributed by atoms with E-state index in [0.29, 0.717) is 29.6 Å². The number of aliphatic hydroxyl groups excluding tert-OH is 2. The summed E-state index contributed by atoms with van der Waals surface area (Å²) in [6.07, 6.45) is 9.79. The molecule has 0 radical (unpaired) electrons. The fraction of sp³-hybridized carbons (Fsp3) is 0.875. The largest absolute Gasteiger partial charge is 0.481 e. The third-order valence-electron chi connectivity index (χ3n) is 9.58. The van der Waals surface area contributed by atoms with Gasteiger partial charge in [0.15, 0.2) is 0 Å². The highest BCUT2D eigenvalue weighted by molar-refractivity contribution is 5.66. The van der Waals surface area contributed by atoms with E-state index >= 15 is 0 Å². The predicted octanol–water partition coefficient (Wildman–Crippen LogP) is 4.40. The van der Waals surface area contributed by atoms with E-state index in [2.05, 4.69) is 26.8 Å². The zero-order chi connectivity index (χ0) is 20.3. The number of aliphatic hydroxyl groups is 2. The summed E-state index contributed by atoms with van der Waals surface area (Å²) in [5.41, 5.74) is 1.55. The Morgan fingerprint density at radius 1 is 1.25 bits per heavy atom. The van der Waals surface area contributed by atoms with Crippen molar-refractivity contribution in [1.29, 1.82) is 0 Å². The quantitative estimate of drug-likeness (QED) is 0.622. The normalized spacial score (nSPS) is 48.8. The van der Waals surface area contributed by atoms with Crippen LogP contribution in [0.2, 0.25) is 0 Å². The van der Waals surface area contributed by atoms with Crippen molar-refractivity contribution < 1.29 is 20.1 Å². The van der Waals surface area contributed by atoms with E-state index in [-0.39, 0.29) is 29.5 Å². The van der Waals surface area contributed by atoms with Crippen LogP contribution in [-0.2, 0) is 4.79 Å². The molecule has 0 heterocycles. The first kappa shape index (κ1) is 20.4. The summed E-state index contributed by atoms with van der Waals surface area (Å²) in [5, 5.41) is 30.7. The Hall–Kier alpha value is -0.870. The molecule has 4 aliphatic carbocycles. The highest BCUT2D eigenvalue weighted by Crippen LogP contribution is 2.67. The lowest BCUT2D eigenvalue weighted by atomic mass is 9.46. The molecule has 0 aromatic rings. The van der Waals surface area contributed by atoms with Gasteiger partial charge in [0.05, 0.1) is 12.2 Å². The molecule has 0 saturated heterocycles. The summed E-state index contributed by atoms with van der Waals surface area (Å²) >= 11 is 0. The molecular weight excluding hydrogens is 352 g/mol. The van der Waals surface area contributed by atoms with Gasteiger partial charge in [-0.1, -0.05) is 32.4 Å². The number of carbonyl (C=O) groups is 1. The predicted molar refractivity (Wildman–Crippen MR) is 109 cm³/mol. The van der Waals surface area contributed by atoms with Gasteiger partial charge in [0.1, 0.15) is 0 Å². The van der Waals surface area contributed by atoms with Crippen LogP contribution in [0.25, 0.3) is 0 Å². The molecule has 28 heavy (non-hydrogen) atoms. The van der Waals surface area contributed by atoms with Crippen LogP contribution in [0.1, 0.15) is 78.6 Å². The highest BCUT2D eigenvalue weighted by atomic mass is 16.4. The standard InChI is InChI=1S/C24H38O4/c1-14(4-9-21(27)28)18-7-8-19-17-6-5-15-12-16(25)10-11-23(15,2)22(17)20(26)13-24(18,19)3/h5,14,16-20,22,25-26H,4,6-13H2,1-3H3,(H,27,28)/t14-,16+,17+,18-,19+,20-,22-,23+,24-/m1/s1. The average Bonchev–Trinajstić information content (AvgIpc) is 2.96. The van der Waals surface area contributed by atoms with E-state index in [1.165, 1.54) is 18.4 Å². The van der Waals surface area contributed by atoms with Crippen LogP contribution in [0.15, 0.2) is 11.6 Å². The van der Waals surface area contributed by atoms with Crippen molar-refractivity contribution in [3.8, 4) is 0 Å². The van der Waals surface area contributed by atoms with Gasteiger partial charge < -0.3 is 15.3 Å². The monoisotopic (exact) mass is 390 g/mol. The number of hydrogen-bond donors (Lipinski definition) is 3. The molecule has 0 unspecified atom stereocenters. The van der Waals surface area contributed by atoms with Crippen LogP contribution in [0.4, 0.5) is 0 Å². The molecule has 9 atom stereocenters. The molecule has 3 saturated carbocycles. The van der Waals surface area contributed by atoms with Crippen LogP contribution >= 0.6 is 0 Å². The Kier molecular flexibility index (Phi) is 5.19. The molecule has 4 nitrogen and oxygen atoms in total. The van der Waals surface area contributed by atoms with Crippen molar-refractivity contribution in [1.82, 2.24) is 0 Å². The summed E-state index contributed by atoms with van der Waals surface area (Å²) < 4.78 is 0. The topological polar surface area (TPSA) is 77.8 Å². The van der Waals surface area contributed by atoms with E-state index in [4.69, 9.17) is 5.11 Å². The lowest BCUT2D eigenvalue weighted by molar-refractivity contribution is -0.138. The van der Waals surface area contributed by atoms with Crippen molar-refractivity contribution in [2.24, 2.45) is 40.4 Å². The first-order valence-electron chi connectivity index (χ1n) is 11.4. The fourth-order valence-corrected chi connectivity index (χ4v) is 8.30. The van der Waals surface area contributed by atoms with Crippen LogP contribution in [0, 0.1) is 40.4 Å². The Balaban J connectivity index is 1.59. The summed E-state index contributed by atoms with van der Waals surface area (Å²) in [7, 11) is 0. The summed E-state index contributed by atoms with van der Waals surface area (Å²) in [4.78, 5) is 11.0. The Morgan fingerprint density at radius 3 is 2.71 bits per heavy atom. The molecule has 4 aliphatic rings. The maximum absolute atomic E-state index is 11.4. The van der Waals surface area contributed by atoms with Gasteiger partial charge in [-0.3, -0.25) is 4.79 Å².